The van der Waals surface area contributed by atoms with E-state index in [1.54, 1.807) is 50.8 Å². The molecule has 0 bridgehead atoms. The van der Waals surface area contributed by atoms with Gasteiger partial charge in [0.05, 0.1) is 29.0 Å². The van der Waals surface area contributed by atoms with Gasteiger partial charge in [0.15, 0.2) is 0 Å². The molecule has 32 heavy (non-hydrogen) atoms. The average Bonchev–Trinajstić information content (AvgIpc) is 3.42. The maximum atomic E-state index is 13.5. The van der Waals surface area contributed by atoms with E-state index < -0.39 is 0 Å². The molecule has 1 aliphatic heterocycles. The smallest absolute Gasteiger partial charge is 0.334 e. The molecule has 1 fully saturated rings. The van der Waals surface area contributed by atoms with Crippen LogP contribution in [0.1, 0.15) is 12.5 Å². The second-order valence-corrected chi connectivity index (χ2v) is 7.55. The highest BCUT2D eigenvalue weighted by Gasteiger charge is 2.29. The summed E-state index contributed by atoms with van der Waals surface area (Å²) in [6.45, 7) is 4.63. The van der Waals surface area contributed by atoms with Crippen molar-refractivity contribution in [2.24, 2.45) is 0 Å². The van der Waals surface area contributed by atoms with Gasteiger partial charge in [-0.05, 0) is 48.9 Å². The minimum Gasteiger partial charge on any atom is -0.439 e. The Labute approximate surface area is 184 Å². The van der Waals surface area contributed by atoms with Gasteiger partial charge in [-0.25, -0.2) is 9.78 Å². The molecule has 8 nitrogen and oxygen atoms in total. The van der Waals surface area contributed by atoms with E-state index in [4.69, 9.17) is 4.74 Å². The number of rotatable bonds is 5. The van der Waals surface area contributed by atoms with Crippen molar-refractivity contribution in [2.45, 2.75) is 12.5 Å². The van der Waals surface area contributed by atoms with E-state index in [0.29, 0.717) is 42.3 Å². The first kappa shape index (κ1) is 19.7. The number of benzene rings is 1. The zero-order valence-corrected chi connectivity index (χ0v) is 17.3. The van der Waals surface area contributed by atoms with Gasteiger partial charge < -0.3 is 9.64 Å². The number of ether oxygens (including phenoxy) is 1. The highest BCUT2D eigenvalue weighted by Crippen LogP contribution is 2.27. The molecule has 0 radical (unpaired) electrons. The van der Waals surface area contributed by atoms with Gasteiger partial charge in [-0.3, -0.25) is 18.9 Å². The lowest BCUT2D eigenvalue weighted by Gasteiger charge is -2.15. The van der Waals surface area contributed by atoms with Gasteiger partial charge in [0.25, 0.3) is 0 Å². The molecule has 1 aromatic carbocycles. The second-order valence-electron chi connectivity index (χ2n) is 7.55. The van der Waals surface area contributed by atoms with Gasteiger partial charge in [-0.1, -0.05) is 12.6 Å². The fraction of sp³-hybridized carbons (Fsp3) is 0.167. The lowest BCUT2D eigenvalue weighted by molar-refractivity contribution is -0.125. The van der Waals surface area contributed by atoms with Crippen molar-refractivity contribution in [1.82, 2.24) is 24.0 Å². The van der Waals surface area contributed by atoms with E-state index in [0.717, 1.165) is 5.52 Å². The third kappa shape index (κ3) is 3.45. The molecule has 4 aromatic rings. The summed E-state index contributed by atoms with van der Waals surface area (Å²) >= 11 is 0. The Morgan fingerprint density at radius 2 is 1.94 bits per heavy atom. The lowest BCUT2D eigenvalue weighted by atomic mass is 10.2. The summed E-state index contributed by atoms with van der Waals surface area (Å²) in [6.07, 6.45) is 7.05. The van der Waals surface area contributed by atoms with E-state index >= 15 is 0 Å². The fourth-order valence-electron chi connectivity index (χ4n) is 4.14. The largest absolute Gasteiger partial charge is 0.439 e. The second kappa shape index (κ2) is 8.14. The van der Waals surface area contributed by atoms with E-state index in [2.05, 4.69) is 16.5 Å². The minimum absolute atomic E-state index is 0.107. The highest BCUT2D eigenvalue weighted by atomic mass is 16.5. The normalized spacial score (nSPS) is 15.8. The molecule has 5 rings (SSSR count). The number of pyridine rings is 2. The van der Waals surface area contributed by atoms with Crippen LogP contribution < -0.4 is 10.4 Å². The molecule has 0 spiro atoms. The molecule has 160 valence electrons. The molecule has 4 heterocycles. The van der Waals surface area contributed by atoms with Crippen molar-refractivity contribution in [1.29, 1.82) is 0 Å². The number of imidazole rings is 1. The molecular formula is C24H21N5O3. The SMILES string of the molecule is C=CC(=O)N1CC[C@@H](n2c(=O)n(-c3ccc(Oc4ccccn4)cc3)c3cnccc32)C1. The number of carbonyl (C=O) groups is 1. The topological polar surface area (TPSA) is 82.2 Å². The Kier molecular flexibility index (Phi) is 5.03. The van der Waals surface area contributed by atoms with Gasteiger partial charge >= 0.3 is 5.69 Å². The molecule has 1 saturated heterocycles. The summed E-state index contributed by atoms with van der Waals surface area (Å²) in [5, 5.41) is 0. The van der Waals surface area contributed by atoms with Crippen LogP contribution in [0.25, 0.3) is 16.7 Å². The maximum absolute atomic E-state index is 13.5. The number of likely N-dealkylation sites (tertiary alicyclic amines) is 1. The van der Waals surface area contributed by atoms with Crippen molar-refractivity contribution in [2.75, 3.05) is 13.1 Å². The molecule has 8 heteroatoms. The lowest BCUT2D eigenvalue weighted by Crippen LogP contribution is -2.31. The van der Waals surface area contributed by atoms with Crippen LogP contribution >= 0.6 is 0 Å². The van der Waals surface area contributed by atoms with Gasteiger partial charge in [0.2, 0.25) is 11.8 Å². The van der Waals surface area contributed by atoms with Crippen molar-refractivity contribution < 1.29 is 9.53 Å². The summed E-state index contributed by atoms with van der Waals surface area (Å²) in [7, 11) is 0. The number of aromatic nitrogens is 4. The Bertz CT molecular complexity index is 1340. The highest BCUT2D eigenvalue weighted by molar-refractivity contribution is 5.87. The molecule has 1 aliphatic rings. The summed E-state index contributed by atoms with van der Waals surface area (Å²) < 4.78 is 9.17. The van der Waals surface area contributed by atoms with E-state index in [-0.39, 0.29) is 17.6 Å². The van der Waals surface area contributed by atoms with E-state index in [1.807, 2.05) is 30.3 Å². The number of carbonyl (C=O) groups excluding carboxylic acids is 1. The predicted molar refractivity (Wildman–Crippen MR) is 120 cm³/mol. The fourth-order valence-corrected chi connectivity index (χ4v) is 4.14. The van der Waals surface area contributed by atoms with Crippen molar-refractivity contribution in [3.05, 3.63) is 90.3 Å². The predicted octanol–water partition coefficient (Wildman–Crippen LogP) is 3.33. The Morgan fingerprint density at radius 1 is 1.09 bits per heavy atom. The van der Waals surface area contributed by atoms with Crippen LogP contribution in [0.2, 0.25) is 0 Å². The van der Waals surface area contributed by atoms with Crippen molar-refractivity contribution in [3.8, 4) is 17.3 Å². The van der Waals surface area contributed by atoms with Crippen LogP contribution in [0.15, 0.2) is 84.6 Å². The van der Waals surface area contributed by atoms with Gasteiger partial charge in [-0.2, -0.15) is 0 Å². The van der Waals surface area contributed by atoms with Crippen LogP contribution in [0, 0.1) is 0 Å². The molecule has 1 amide bonds. The van der Waals surface area contributed by atoms with Crippen molar-refractivity contribution in [3.63, 3.8) is 0 Å². The standard InChI is InChI=1S/C24H21N5O3/c1-2-23(30)27-14-11-18(16-27)29-20-10-13-25-15-21(20)28(24(29)31)17-6-8-19(9-7-17)32-22-5-3-4-12-26-22/h2-10,12-13,15,18H,1,11,14,16H2/t18-/m1/s1. The zero-order valence-electron chi connectivity index (χ0n) is 17.3. The monoisotopic (exact) mass is 427 g/mol. The first-order valence-electron chi connectivity index (χ1n) is 10.3. The van der Waals surface area contributed by atoms with Gasteiger partial charge in [-0.15, -0.1) is 0 Å². The maximum Gasteiger partial charge on any atom is 0.334 e. The van der Waals surface area contributed by atoms with Crippen LogP contribution in [-0.2, 0) is 4.79 Å². The zero-order chi connectivity index (χ0) is 22.1. The van der Waals surface area contributed by atoms with E-state index in [1.165, 1.54) is 6.08 Å². The molecule has 0 aliphatic carbocycles. The summed E-state index contributed by atoms with van der Waals surface area (Å²) in [5.74, 6) is 1.00. The molecule has 0 N–H and O–H groups in total. The summed E-state index contributed by atoms with van der Waals surface area (Å²) in [6, 6.07) is 14.4. The van der Waals surface area contributed by atoms with Crippen LogP contribution in [0.3, 0.4) is 0 Å². The number of nitrogens with zero attached hydrogens (tertiary/aromatic N) is 5. The molecule has 1 atom stereocenters. The van der Waals surface area contributed by atoms with Gasteiger partial charge in [0.1, 0.15) is 5.75 Å². The third-order valence-electron chi connectivity index (χ3n) is 5.65. The molecule has 3 aromatic heterocycles. The van der Waals surface area contributed by atoms with Crippen LogP contribution in [0.4, 0.5) is 0 Å². The number of fused-ring (bicyclic) bond motifs is 1. The first-order valence-corrected chi connectivity index (χ1v) is 10.3. The Morgan fingerprint density at radius 3 is 2.69 bits per heavy atom. The summed E-state index contributed by atoms with van der Waals surface area (Å²) in [4.78, 5) is 35.7. The molecule has 0 saturated carbocycles. The Hall–Kier alpha value is -4.20. The number of hydrogen-bond acceptors (Lipinski definition) is 5. The average molecular weight is 427 g/mol. The quantitative estimate of drug-likeness (QED) is 0.456. The van der Waals surface area contributed by atoms with Crippen LogP contribution in [-0.4, -0.2) is 43.0 Å². The Balaban J connectivity index is 1.51. The molecular weight excluding hydrogens is 406 g/mol. The van der Waals surface area contributed by atoms with E-state index in [9.17, 15) is 9.59 Å². The minimum atomic E-state index is -0.163. The van der Waals surface area contributed by atoms with Crippen molar-refractivity contribution >= 4 is 16.9 Å². The first-order chi connectivity index (χ1) is 15.7. The third-order valence-corrected chi connectivity index (χ3v) is 5.65. The number of hydrogen-bond donors (Lipinski definition) is 0. The number of amides is 1. The molecule has 0 unspecified atom stereocenters. The van der Waals surface area contributed by atoms with Gasteiger partial charge in [0, 0.05) is 31.5 Å². The summed E-state index contributed by atoms with van der Waals surface area (Å²) in [5.41, 5.74) is 2.04. The van der Waals surface area contributed by atoms with Crippen LogP contribution in [0.5, 0.6) is 11.6 Å².